The maximum atomic E-state index is 13.1. The van der Waals surface area contributed by atoms with Crippen molar-refractivity contribution in [2.24, 2.45) is 0 Å². The largest absolute Gasteiger partial charge is 0.304 e. The van der Waals surface area contributed by atoms with E-state index in [-0.39, 0.29) is 11.4 Å². The minimum atomic E-state index is -3.79. The number of benzene rings is 1. The van der Waals surface area contributed by atoms with Crippen LogP contribution in [0, 0.1) is 11.6 Å². The highest BCUT2D eigenvalue weighted by Crippen LogP contribution is 2.13. The third-order valence-corrected chi connectivity index (χ3v) is 5.20. The van der Waals surface area contributed by atoms with E-state index in [0.29, 0.717) is 12.5 Å². The molecule has 8 heteroatoms. The summed E-state index contributed by atoms with van der Waals surface area (Å²) in [6, 6.07) is 2.56. The van der Waals surface area contributed by atoms with E-state index < -0.39 is 21.7 Å². The zero-order chi connectivity index (χ0) is 16.2. The number of piperazine rings is 1. The Morgan fingerprint density at radius 3 is 2.45 bits per heavy atom. The van der Waals surface area contributed by atoms with Gasteiger partial charge in [-0.3, -0.25) is 0 Å². The maximum Gasteiger partial charge on any atom is 0.240 e. The predicted octanol–water partition coefficient (Wildman–Crippen LogP) is 0.881. The highest BCUT2D eigenvalue weighted by atomic mass is 32.2. The van der Waals surface area contributed by atoms with Crippen molar-refractivity contribution in [2.45, 2.75) is 11.3 Å². The number of likely N-dealkylation sites (N-methyl/N-ethyl adjacent to an activating group) is 1. The summed E-state index contributed by atoms with van der Waals surface area (Å²) in [6.07, 6.45) is 0.673. The fraction of sp³-hybridized carbons (Fsp3) is 0.571. The second kappa shape index (κ2) is 7.45. The Balaban J connectivity index is 1.79. The lowest BCUT2D eigenvalue weighted by Gasteiger charge is -2.32. The molecule has 0 spiro atoms. The van der Waals surface area contributed by atoms with Crippen LogP contribution in [0.15, 0.2) is 23.1 Å². The lowest BCUT2D eigenvalue weighted by atomic mass is 10.3. The molecule has 1 saturated heterocycles. The van der Waals surface area contributed by atoms with Gasteiger partial charge in [0.05, 0.1) is 4.90 Å². The van der Waals surface area contributed by atoms with Crippen LogP contribution in [0.5, 0.6) is 0 Å². The van der Waals surface area contributed by atoms with Gasteiger partial charge in [-0.05, 0) is 38.2 Å². The van der Waals surface area contributed by atoms with Crippen LogP contribution in [-0.2, 0) is 10.0 Å². The van der Waals surface area contributed by atoms with Gasteiger partial charge in [0.25, 0.3) is 0 Å². The Morgan fingerprint density at radius 1 is 1.14 bits per heavy atom. The lowest BCUT2D eigenvalue weighted by molar-refractivity contribution is 0.153. The molecule has 1 N–H and O–H groups in total. The molecular formula is C14H21F2N3O2S. The maximum absolute atomic E-state index is 13.1. The van der Waals surface area contributed by atoms with Crippen LogP contribution in [-0.4, -0.2) is 64.5 Å². The van der Waals surface area contributed by atoms with Crippen LogP contribution >= 0.6 is 0 Å². The summed E-state index contributed by atoms with van der Waals surface area (Å²) in [5, 5.41) is 0. The molecule has 5 nitrogen and oxygen atoms in total. The fourth-order valence-electron chi connectivity index (χ4n) is 2.31. The van der Waals surface area contributed by atoms with E-state index in [4.69, 9.17) is 0 Å². The Bertz CT molecular complexity index is 602. The smallest absolute Gasteiger partial charge is 0.240 e. The summed E-state index contributed by atoms with van der Waals surface area (Å²) in [6.45, 7) is 5.07. The normalized spacial score (nSPS) is 17.8. The topological polar surface area (TPSA) is 52.6 Å². The van der Waals surface area contributed by atoms with Crippen molar-refractivity contribution in [3.05, 3.63) is 29.8 Å². The first-order chi connectivity index (χ1) is 10.4. The molecule has 1 aliphatic rings. The van der Waals surface area contributed by atoms with Crippen molar-refractivity contribution in [3.8, 4) is 0 Å². The zero-order valence-electron chi connectivity index (χ0n) is 12.6. The van der Waals surface area contributed by atoms with Gasteiger partial charge in [0.2, 0.25) is 10.0 Å². The first-order valence-electron chi connectivity index (χ1n) is 7.24. The Labute approximate surface area is 130 Å². The highest BCUT2D eigenvalue weighted by Gasteiger charge is 2.17. The van der Waals surface area contributed by atoms with Crippen LogP contribution in [0.4, 0.5) is 8.78 Å². The first-order valence-corrected chi connectivity index (χ1v) is 8.72. The summed E-state index contributed by atoms with van der Waals surface area (Å²) in [5.41, 5.74) is 0. The molecule has 0 aliphatic carbocycles. The van der Waals surface area contributed by atoms with Gasteiger partial charge in [0, 0.05) is 32.7 Å². The standard InChI is InChI=1S/C14H21F2N3O2S/c1-18-7-9-19(10-8-18)6-2-5-17-22(20,21)12-3-4-13(15)14(16)11-12/h3-4,11,17H,2,5-10H2,1H3. The Kier molecular flexibility index (Phi) is 5.85. The van der Waals surface area contributed by atoms with Crippen LogP contribution in [0.25, 0.3) is 0 Å². The summed E-state index contributed by atoms with van der Waals surface area (Å²) in [4.78, 5) is 4.28. The molecule has 0 unspecified atom stereocenters. The van der Waals surface area contributed by atoms with Crippen LogP contribution in [0.2, 0.25) is 0 Å². The summed E-state index contributed by atoms with van der Waals surface area (Å²) in [5.74, 6) is -2.23. The molecule has 1 heterocycles. The molecule has 0 bridgehead atoms. The molecule has 124 valence electrons. The second-order valence-electron chi connectivity index (χ2n) is 5.47. The monoisotopic (exact) mass is 333 g/mol. The van der Waals surface area contributed by atoms with Gasteiger partial charge in [-0.2, -0.15) is 0 Å². The van der Waals surface area contributed by atoms with Gasteiger partial charge >= 0.3 is 0 Å². The number of sulfonamides is 1. The molecule has 0 radical (unpaired) electrons. The molecule has 1 fully saturated rings. The van der Waals surface area contributed by atoms with E-state index in [1.54, 1.807) is 0 Å². The van der Waals surface area contributed by atoms with Gasteiger partial charge in [-0.25, -0.2) is 21.9 Å². The van der Waals surface area contributed by atoms with Crippen molar-refractivity contribution < 1.29 is 17.2 Å². The second-order valence-corrected chi connectivity index (χ2v) is 7.24. The van der Waals surface area contributed by atoms with E-state index in [0.717, 1.165) is 44.9 Å². The fourth-order valence-corrected chi connectivity index (χ4v) is 3.39. The summed E-state index contributed by atoms with van der Waals surface area (Å²) in [7, 11) is -1.72. The van der Waals surface area contributed by atoms with Crippen LogP contribution in [0.3, 0.4) is 0 Å². The number of halogens is 2. The van der Waals surface area contributed by atoms with Crippen molar-refractivity contribution >= 4 is 10.0 Å². The van der Waals surface area contributed by atoms with Gasteiger partial charge in [-0.15, -0.1) is 0 Å². The summed E-state index contributed by atoms with van der Waals surface area (Å²) >= 11 is 0. The van der Waals surface area contributed by atoms with E-state index in [1.807, 2.05) is 0 Å². The van der Waals surface area contributed by atoms with Crippen LogP contribution < -0.4 is 4.72 Å². The molecule has 0 amide bonds. The molecule has 1 aromatic carbocycles. The van der Waals surface area contributed by atoms with Crippen molar-refractivity contribution in [3.63, 3.8) is 0 Å². The number of nitrogens with one attached hydrogen (secondary N) is 1. The quantitative estimate of drug-likeness (QED) is 0.786. The molecule has 22 heavy (non-hydrogen) atoms. The average molecular weight is 333 g/mol. The van der Waals surface area contributed by atoms with E-state index in [1.165, 1.54) is 0 Å². The van der Waals surface area contributed by atoms with Gasteiger partial charge in [-0.1, -0.05) is 0 Å². The lowest BCUT2D eigenvalue weighted by Crippen LogP contribution is -2.45. The Morgan fingerprint density at radius 2 is 1.82 bits per heavy atom. The molecule has 1 aromatic rings. The van der Waals surface area contributed by atoms with Crippen molar-refractivity contribution in [2.75, 3.05) is 46.3 Å². The van der Waals surface area contributed by atoms with Gasteiger partial charge < -0.3 is 9.80 Å². The molecular weight excluding hydrogens is 312 g/mol. The number of nitrogens with zero attached hydrogens (tertiary/aromatic N) is 2. The third-order valence-electron chi connectivity index (χ3n) is 3.74. The summed E-state index contributed by atoms with van der Waals surface area (Å²) < 4.78 is 52.3. The van der Waals surface area contributed by atoms with Crippen molar-refractivity contribution in [1.82, 2.24) is 14.5 Å². The molecule has 0 atom stereocenters. The van der Waals surface area contributed by atoms with Crippen molar-refractivity contribution in [1.29, 1.82) is 0 Å². The van der Waals surface area contributed by atoms with E-state index >= 15 is 0 Å². The third kappa shape index (κ3) is 4.70. The van der Waals surface area contributed by atoms with Gasteiger partial charge in [0.15, 0.2) is 11.6 Å². The number of rotatable bonds is 6. The zero-order valence-corrected chi connectivity index (χ0v) is 13.4. The van der Waals surface area contributed by atoms with E-state index in [9.17, 15) is 17.2 Å². The Hall–Kier alpha value is -1.09. The molecule has 1 aliphatic heterocycles. The minimum absolute atomic E-state index is 0.258. The SMILES string of the molecule is CN1CCN(CCCNS(=O)(=O)c2ccc(F)c(F)c2)CC1. The molecule has 0 aromatic heterocycles. The highest BCUT2D eigenvalue weighted by molar-refractivity contribution is 7.89. The van der Waals surface area contributed by atoms with E-state index in [2.05, 4.69) is 21.6 Å². The minimum Gasteiger partial charge on any atom is -0.304 e. The first kappa shape index (κ1) is 17.3. The van der Waals surface area contributed by atoms with Gasteiger partial charge in [0.1, 0.15) is 0 Å². The number of hydrogen-bond donors (Lipinski definition) is 1. The molecule has 2 rings (SSSR count). The predicted molar refractivity (Wildman–Crippen MR) is 80.1 cm³/mol. The number of hydrogen-bond acceptors (Lipinski definition) is 4. The molecule has 0 saturated carbocycles. The van der Waals surface area contributed by atoms with Crippen LogP contribution in [0.1, 0.15) is 6.42 Å². The average Bonchev–Trinajstić information content (AvgIpc) is 2.48.